The molecule has 0 bridgehead atoms. The molecule has 0 spiro atoms. The van der Waals surface area contributed by atoms with Crippen molar-refractivity contribution < 1.29 is 4.74 Å². The molecule has 0 amide bonds. The number of methoxy groups -OCH3 is 1. The summed E-state index contributed by atoms with van der Waals surface area (Å²) in [6.07, 6.45) is 0. The Labute approximate surface area is 107 Å². The molecule has 0 fully saturated rings. The van der Waals surface area contributed by atoms with E-state index >= 15 is 0 Å². The van der Waals surface area contributed by atoms with Crippen molar-refractivity contribution >= 4 is 11.8 Å². The second-order valence-electron chi connectivity index (χ2n) is 3.95. The van der Waals surface area contributed by atoms with Gasteiger partial charge in [0.2, 0.25) is 0 Å². The van der Waals surface area contributed by atoms with E-state index in [9.17, 15) is 0 Å². The maximum absolute atomic E-state index is 5.21. The highest BCUT2D eigenvalue weighted by Crippen LogP contribution is 2.24. The lowest BCUT2D eigenvalue weighted by Gasteiger charge is -2.05. The molecule has 2 heteroatoms. The molecule has 2 aromatic rings. The van der Waals surface area contributed by atoms with Gasteiger partial charge in [0, 0.05) is 10.6 Å². The summed E-state index contributed by atoms with van der Waals surface area (Å²) in [5.41, 5.74) is 2.59. The summed E-state index contributed by atoms with van der Waals surface area (Å²) >= 11 is 1.85. The van der Waals surface area contributed by atoms with Gasteiger partial charge in [-0.2, -0.15) is 0 Å². The van der Waals surface area contributed by atoms with Crippen LogP contribution in [0.2, 0.25) is 0 Å². The first-order valence-electron chi connectivity index (χ1n) is 5.60. The lowest BCUT2D eigenvalue weighted by molar-refractivity contribution is 0.414. The summed E-state index contributed by atoms with van der Waals surface area (Å²) in [7, 11) is 1.70. The van der Waals surface area contributed by atoms with Crippen molar-refractivity contribution in [2.24, 2.45) is 0 Å². The highest BCUT2D eigenvalue weighted by molar-refractivity contribution is 7.98. The van der Waals surface area contributed by atoms with E-state index < -0.39 is 0 Å². The van der Waals surface area contributed by atoms with E-state index in [1.165, 1.54) is 16.0 Å². The van der Waals surface area contributed by atoms with Crippen LogP contribution < -0.4 is 4.74 Å². The molecule has 1 nitrogen and oxygen atoms in total. The van der Waals surface area contributed by atoms with Crippen molar-refractivity contribution in [2.75, 3.05) is 7.11 Å². The van der Waals surface area contributed by atoms with Crippen LogP contribution in [0, 0.1) is 6.92 Å². The molecule has 0 radical (unpaired) electrons. The minimum Gasteiger partial charge on any atom is -0.497 e. The molecule has 0 aliphatic rings. The van der Waals surface area contributed by atoms with Crippen LogP contribution >= 0.6 is 11.8 Å². The second kappa shape index (κ2) is 5.78. The third-order valence-corrected chi connectivity index (χ3v) is 3.64. The molecule has 0 aliphatic carbocycles. The van der Waals surface area contributed by atoms with E-state index in [-0.39, 0.29) is 0 Å². The van der Waals surface area contributed by atoms with Gasteiger partial charge in [-0.15, -0.1) is 11.8 Å². The van der Waals surface area contributed by atoms with Gasteiger partial charge < -0.3 is 4.74 Å². The van der Waals surface area contributed by atoms with Gasteiger partial charge in [0.15, 0.2) is 0 Å². The Balaban J connectivity index is 1.99. The van der Waals surface area contributed by atoms with Crippen LogP contribution in [0.3, 0.4) is 0 Å². The molecule has 2 rings (SSSR count). The SMILES string of the molecule is COc1cccc(CSc2ccc(C)cc2)c1. The van der Waals surface area contributed by atoms with Crippen molar-refractivity contribution in [3.05, 3.63) is 59.7 Å². The van der Waals surface area contributed by atoms with Gasteiger partial charge >= 0.3 is 0 Å². The molecule has 0 aliphatic heterocycles. The van der Waals surface area contributed by atoms with Crippen molar-refractivity contribution in [3.63, 3.8) is 0 Å². The van der Waals surface area contributed by atoms with E-state index in [0.29, 0.717) is 0 Å². The first kappa shape index (κ1) is 12.1. The van der Waals surface area contributed by atoms with Crippen LogP contribution in [0.1, 0.15) is 11.1 Å². The number of hydrogen-bond acceptors (Lipinski definition) is 2. The van der Waals surface area contributed by atoms with Gasteiger partial charge in [-0.05, 0) is 36.8 Å². The number of hydrogen-bond donors (Lipinski definition) is 0. The standard InChI is InChI=1S/C15H16OS/c1-12-6-8-15(9-7-12)17-11-13-4-3-5-14(10-13)16-2/h3-10H,11H2,1-2H3. The average molecular weight is 244 g/mol. The second-order valence-corrected chi connectivity index (χ2v) is 5.00. The predicted octanol–water partition coefficient (Wildman–Crippen LogP) is 4.30. The zero-order valence-corrected chi connectivity index (χ0v) is 11.0. The fraction of sp³-hybridized carbons (Fsp3) is 0.200. The largest absolute Gasteiger partial charge is 0.497 e. The van der Waals surface area contributed by atoms with Crippen LogP contribution in [-0.2, 0) is 5.75 Å². The van der Waals surface area contributed by atoms with Crippen LogP contribution in [0.4, 0.5) is 0 Å². The fourth-order valence-corrected chi connectivity index (χ4v) is 2.40. The predicted molar refractivity (Wildman–Crippen MR) is 73.7 cm³/mol. The minimum atomic E-state index is 0.923. The maximum Gasteiger partial charge on any atom is 0.119 e. The molecule has 0 N–H and O–H groups in total. The molecule has 0 unspecified atom stereocenters. The molecule has 17 heavy (non-hydrogen) atoms. The molecular formula is C15H16OS. The third kappa shape index (κ3) is 3.53. The van der Waals surface area contributed by atoms with E-state index in [0.717, 1.165) is 11.5 Å². The lowest BCUT2D eigenvalue weighted by atomic mass is 10.2. The number of ether oxygens (including phenoxy) is 1. The minimum absolute atomic E-state index is 0.923. The quantitative estimate of drug-likeness (QED) is 0.742. The Kier molecular flexibility index (Phi) is 4.10. The first-order valence-corrected chi connectivity index (χ1v) is 6.59. The molecule has 0 atom stereocenters. The molecule has 0 aromatic heterocycles. The average Bonchev–Trinajstić information content (AvgIpc) is 2.38. The van der Waals surface area contributed by atoms with Crippen LogP contribution in [-0.4, -0.2) is 7.11 Å². The van der Waals surface area contributed by atoms with Gasteiger partial charge in [-0.25, -0.2) is 0 Å². The fourth-order valence-electron chi connectivity index (χ4n) is 1.56. The van der Waals surface area contributed by atoms with Crippen molar-refractivity contribution in [2.45, 2.75) is 17.6 Å². The van der Waals surface area contributed by atoms with E-state index in [2.05, 4.69) is 43.3 Å². The highest BCUT2D eigenvalue weighted by atomic mass is 32.2. The number of aryl methyl sites for hydroxylation is 1. The summed E-state index contributed by atoms with van der Waals surface area (Å²) in [4.78, 5) is 1.30. The van der Waals surface area contributed by atoms with Crippen LogP contribution in [0.5, 0.6) is 5.75 Å². The lowest BCUT2D eigenvalue weighted by Crippen LogP contribution is -1.85. The van der Waals surface area contributed by atoms with Gasteiger partial charge in [-0.3, -0.25) is 0 Å². The summed E-state index contributed by atoms with van der Waals surface area (Å²) in [6.45, 7) is 2.11. The smallest absolute Gasteiger partial charge is 0.119 e. The van der Waals surface area contributed by atoms with E-state index in [1.807, 2.05) is 23.9 Å². The maximum atomic E-state index is 5.21. The number of benzene rings is 2. The normalized spacial score (nSPS) is 10.2. The molecule has 88 valence electrons. The number of thioether (sulfide) groups is 1. The van der Waals surface area contributed by atoms with E-state index in [1.54, 1.807) is 7.11 Å². The third-order valence-electron chi connectivity index (χ3n) is 2.56. The topological polar surface area (TPSA) is 9.23 Å². The van der Waals surface area contributed by atoms with Gasteiger partial charge in [-0.1, -0.05) is 29.8 Å². The Morgan fingerprint density at radius 1 is 1.06 bits per heavy atom. The molecule has 0 saturated heterocycles. The zero-order chi connectivity index (χ0) is 12.1. The van der Waals surface area contributed by atoms with Gasteiger partial charge in [0.1, 0.15) is 5.75 Å². The number of rotatable bonds is 4. The van der Waals surface area contributed by atoms with E-state index in [4.69, 9.17) is 4.74 Å². The summed E-state index contributed by atoms with van der Waals surface area (Å²) in [5.74, 6) is 1.90. The van der Waals surface area contributed by atoms with Crippen LogP contribution in [0.15, 0.2) is 53.4 Å². The first-order chi connectivity index (χ1) is 8.28. The summed E-state index contributed by atoms with van der Waals surface area (Å²) < 4.78 is 5.21. The van der Waals surface area contributed by atoms with Gasteiger partial charge in [0.25, 0.3) is 0 Å². The Bertz CT molecular complexity index is 477. The summed E-state index contributed by atoms with van der Waals surface area (Å²) in [5, 5.41) is 0. The zero-order valence-electron chi connectivity index (χ0n) is 10.1. The van der Waals surface area contributed by atoms with Crippen molar-refractivity contribution in [1.29, 1.82) is 0 Å². The van der Waals surface area contributed by atoms with Crippen molar-refractivity contribution in [1.82, 2.24) is 0 Å². The molecule has 2 aromatic carbocycles. The summed E-state index contributed by atoms with van der Waals surface area (Å²) in [6, 6.07) is 16.8. The monoisotopic (exact) mass is 244 g/mol. The van der Waals surface area contributed by atoms with Crippen LogP contribution in [0.25, 0.3) is 0 Å². The Hall–Kier alpha value is -1.41. The highest BCUT2D eigenvalue weighted by Gasteiger charge is 1.98. The van der Waals surface area contributed by atoms with Crippen molar-refractivity contribution in [3.8, 4) is 5.75 Å². The van der Waals surface area contributed by atoms with Gasteiger partial charge in [0.05, 0.1) is 7.11 Å². The molecule has 0 heterocycles. The Morgan fingerprint density at radius 2 is 1.82 bits per heavy atom. The Morgan fingerprint density at radius 3 is 2.53 bits per heavy atom. The molecular weight excluding hydrogens is 228 g/mol. The molecule has 0 saturated carbocycles.